The van der Waals surface area contributed by atoms with E-state index in [0.717, 1.165) is 15.2 Å². The summed E-state index contributed by atoms with van der Waals surface area (Å²) < 4.78 is 1.08. The fourth-order valence-electron chi connectivity index (χ4n) is 3.48. The Morgan fingerprint density at radius 3 is 2.67 bits per heavy atom. The third-order valence-corrected chi connectivity index (χ3v) is 5.85. The van der Waals surface area contributed by atoms with Crippen LogP contribution in [0.5, 0.6) is 0 Å². The van der Waals surface area contributed by atoms with Crippen molar-refractivity contribution in [1.82, 2.24) is 15.2 Å². The predicted molar refractivity (Wildman–Crippen MR) is 87.8 cm³/mol. The van der Waals surface area contributed by atoms with Crippen molar-refractivity contribution in [3.05, 3.63) is 23.0 Å². The quantitative estimate of drug-likeness (QED) is 0.734. The van der Waals surface area contributed by atoms with Gasteiger partial charge in [0.2, 0.25) is 0 Å². The molecule has 0 aromatic carbocycles. The van der Waals surface area contributed by atoms with Crippen LogP contribution in [0.2, 0.25) is 0 Å². The molecular weight excluding hydrogens is 280 g/mol. The minimum Gasteiger partial charge on any atom is -0.383 e. The van der Waals surface area contributed by atoms with Crippen molar-refractivity contribution in [2.75, 3.05) is 5.73 Å². The average molecular weight is 298 g/mol. The van der Waals surface area contributed by atoms with Gasteiger partial charge in [-0.1, -0.05) is 12.8 Å². The zero-order valence-electron chi connectivity index (χ0n) is 12.3. The van der Waals surface area contributed by atoms with Crippen molar-refractivity contribution < 1.29 is 0 Å². The smallest absolute Gasteiger partial charge is 0.147 e. The van der Waals surface area contributed by atoms with Crippen molar-refractivity contribution >= 4 is 37.5 Å². The number of nitrogen functional groups attached to an aromatic ring is 1. The Morgan fingerprint density at radius 2 is 1.90 bits per heavy atom. The maximum Gasteiger partial charge on any atom is 0.147 e. The van der Waals surface area contributed by atoms with Gasteiger partial charge in [-0.15, -0.1) is 16.4 Å². The zero-order valence-corrected chi connectivity index (χ0v) is 13.1. The van der Waals surface area contributed by atoms with Crippen LogP contribution in [-0.4, -0.2) is 15.2 Å². The maximum atomic E-state index is 6.13. The summed E-state index contributed by atoms with van der Waals surface area (Å²) in [5.41, 5.74) is 9.70. The molecule has 4 rings (SSSR count). The Morgan fingerprint density at radius 1 is 1.14 bits per heavy atom. The van der Waals surface area contributed by atoms with Gasteiger partial charge in [-0.25, -0.2) is 4.98 Å². The Hall–Kier alpha value is -1.75. The van der Waals surface area contributed by atoms with Crippen molar-refractivity contribution in [3.8, 4) is 0 Å². The first kappa shape index (κ1) is 13.0. The van der Waals surface area contributed by atoms with Gasteiger partial charge < -0.3 is 5.73 Å². The number of nitrogens with zero attached hydrogens (tertiary/aromatic N) is 3. The largest absolute Gasteiger partial charge is 0.383 e. The Bertz CT molecular complexity index is 846. The summed E-state index contributed by atoms with van der Waals surface area (Å²) in [7, 11) is 0. The molecule has 4 nitrogen and oxygen atoms in total. The van der Waals surface area contributed by atoms with E-state index in [0.29, 0.717) is 11.7 Å². The van der Waals surface area contributed by atoms with E-state index < -0.39 is 0 Å². The normalized spacial score (nSPS) is 16.3. The molecule has 3 aromatic heterocycles. The highest BCUT2D eigenvalue weighted by Crippen LogP contribution is 2.44. The lowest BCUT2D eigenvalue weighted by Crippen LogP contribution is -1.98. The van der Waals surface area contributed by atoms with Crippen LogP contribution < -0.4 is 5.73 Å². The molecule has 1 aliphatic carbocycles. The van der Waals surface area contributed by atoms with Gasteiger partial charge >= 0.3 is 0 Å². The summed E-state index contributed by atoms with van der Waals surface area (Å²) in [5.74, 6) is 1.23. The number of thiophene rings is 1. The molecule has 108 valence electrons. The van der Waals surface area contributed by atoms with Crippen molar-refractivity contribution in [1.29, 1.82) is 0 Å². The van der Waals surface area contributed by atoms with E-state index in [-0.39, 0.29) is 0 Å². The van der Waals surface area contributed by atoms with Gasteiger partial charge in [0, 0.05) is 17.0 Å². The molecule has 0 amide bonds. The minimum absolute atomic E-state index is 0.617. The maximum absolute atomic E-state index is 6.13. The highest BCUT2D eigenvalue weighted by atomic mass is 32.1. The van der Waals surface area contributed by atoms with Gasteiger partial charge in [-0.3, -0.25) is 0 Å². The number of nitrogens with two attached hydrogens (primary N) is 1. The van der Waals surface area contributed by atoms with Crippen LogP contribution >= 0.6 is 11.3 Å². The standard InChI is InChI=1S/C16H18N4S/c1-8-9(2)19-20-16-12(8)13-11(10-5-3-4-6-10)7-18-15(17)14(13)21-16/h7,10H,3-6H2,1-2H3,(H2,17,18). The van der Waals surface area contributed by atoms with Crippen LogP contribution in [0.1, 0.15) is 48.4 Å². The third-order valence-electron chi connectivity index (χ3n) is 4.76. The lowest BCUT2D eigenvalue weighted by molar-refractivity contribution is 0.727. The molecular formula is C16H18N4S. The van der Waals surface area contributed by atoms with E-state index in [1.807, 2.05) is 13.1 Å². The molecule has 0 radical (unpaired) electrons. The summed E-state index contributed by atoms with van der Waals surface area (Å²) in [6, 6.07) is 0. The van der Waals surface area contributed by atoms with Crippen LogP contribution in [0.25, 0.3) is 20.3 Å². The minimum atomic E-state index is 0.617. The molecule has 0 atom stereocenters. The molecule has 0 bridgehead atoms. The van der Waals surface area contributed by atoms with Crippen LogP contribution in [0.4, 0.5) is 5.82 Å². The van der Waals surface area contributed by atoms with E-state index in [2.05, 4.69) is 22.1 Å². The monoisotopic (exact) mass is 298 g/mol. The molecule has 5 heteroatoms. The summed E-state index contributed by atoms with van der Waals surface area (Å²) in [6.07, 6.45) is 7.14. The fraction of sp³-hybridized carbons (Fsp3) is 0.438. The van der Waals surface area contributed by atoms with Crippen LogP contribution in [0, 0.1) is 13.8 Å². The first-order chi connectivity index (χ1) is 10.2. The predicted octanol–water partition coefficient (Wildman–Crippen LogP) is 4.10. The molecule has 1 saturated carbocycles. The zero-order chi connectivity index (χ0) is 14.6. The molecule has 3 aromatic rings. The van der Waals surface area contributed by atoms with Crippen molar-refractivity contribution in [2.24, 2.45) is 0 Å². The molecule has 2 N–H and O–H groups in total. The first-order valence-electron chi connectivity index (χ1n) is 7.47. The third kappa shape index (κ3) is 1.83. The Balaban J connectivity index is 2.15. The highest BCUT2D eigenvalue weighted by molar-refractivity contribution is 7.26. The second-order valence-corrected chi connectivity index (χ2v) is 6.98. The molecule has 21 heavy (non-hydrogen) atoms. The van der Waals surface area contributed by atoms with E-state index >= 15 is 0 Å². The lowest BCUT2D eigenvalue weighted by Gasteiger charge is -2.12. The number of aryl methyl sites for hydroxylation is 2. The van der Waals surface area contributed by atoms with E-state index in [9.17, 15) is 0 Å². The number of anilines is 1. The Labute approximate surface area is 127 Å². The van der Waals surface area contributed by atoms with Gasteiger partial charge in [0.25, 0.3) is 0 Å². The van der Waals surface area contributed by atoms with Crippen LogP contribution in [-0.2, 0) is 0 Å². The molecule has 0 spiro atoms. The van der Waals surface area contributed by atoms with Gasteiger partial charge in [0.05, 0.1) is 10.4 Å². The van der Waals surface area contributed by atoms with Crippen LogP contribution in [0.15, 0.2) is 6.20 Å². The summed E-state index contributed by atoms with van der Waals surface area (Å²) in [4.78, 5) is 5.42. The number of rotatable bonds is 1. The fourth-order valence-corrected chi connectivity index (χ4v) is 4.59. The number of hydrogen-bond donors (Lipinski definition) is 1. The molecule has 1 aliphatic rings. The summed E-state index contributed by atoms with van der Waals surface area (Å²) >= 11 is 1.62. The van der Waals surface area contributed by atoms with Gasteiger partial charge in [0.15, 0.2) is 0 Å². The topological polar surface area (TPSA) is 64.7 Å². The molecule has 0 unspecified atom stereocenters. The highest BCUT2D eigenvalue weighted by Gasteiger charge is 2.24. The molecule has 0 saturated heterocycles. The molecule has 0 aliphatic heterocycles. The van der Waals surface area contributed by atoms with Gasteiger partial charge in [-0.2, -0.15) is 5.10 Å². The lowest BCUT2D eigenvalue weighted by atomic mass is 9.94. The number of aromatic nitrogens is 3. The second kappa shape index (κ2) is 4.63. The number of hydrogen-bond acceptors (Lipinski definition) is 5. The van der Waals surface area contributed by atoms with Crippen molar-refractivity contribution in [3.63, 3.8) is 0 Å². The number of fused-ring (bicyclic) bond motifs is 3. The summed E-state index contributed by atoms with van der Waals surface area (Å²) in [6.45, 7) is 4.15. The molecule has 1 fully saturated rings. The van der Waals surface area contributed by atoms with Crippen LogP contribution in [0.3, 0.4) is 0 Å². The average Bonchev–Trinajstić information content (AvgIpc) is 3.11. The van der Waals surface area contributed by atoms with E-state index in [4.69, 9.17) is 5.73 Å². The number of pyridine rings is 1. The van der Waals surface area contributed by atoms with E-state index in [1.54, 1.807) is 11.3 Å². The van der Waals surface area contributed by atoms with Crippen molar-refractivity contribution in [2.45, 2.75) is 45.4 Å². The SMILES string of the molecule is Cc1nnc2sc3c(N)ncc(C4CCCC4)c3c2c1C. The second-order valence-electron chi connectivity index (χ2n) is 5.98. The first-order valence-corrected chi connectivity index (χ1v) is 8.29. The van der Waals surface area contributed by atoms with E-state index in [1.165, 1.54) is 47.6 Å². The Kier molecular flexibility index (Phi) is 2.85. The van der Waals surface area contributed by atoms with Gasteiger partial charge in [0.1, 0.15) is 10.6 Å². The van der Waals surface area contributed by atoms with Gasteiger partial charge in [-0.05, 0) is 43.7 Å². The molecule has 3 heterocycles. The summed E-state index contributed by atoms with van der Waals surface area (Å²) in [5, 5.41) is 11.1.